The maximum absolute atomic E-state index is 13.5. The fraction of sp³-hybridized carbons (Fsp3) is 0.194. The predicted octanol–water partition coefficient (Wildman–Crippen LogP) is 5.61. The fourth-order valence-electron chi connectivity index (χ4n) is 4.64. The monoisotopic (exact) mass is 525 g/mol. The Morgan fingerprint density at radius 3 is 1.95 bits per heavy atom. The first-order chi connectivity index (χ1) is 18.5. The molecule has 0 atom stereocenters. The van der Waals surface area contributed by atoms with Gasteiger partial charge in [0.1, 0.15) is 0 Å². The zero-order valence-corrected chi connectivity index (χ0v) is 22.0. The summed E-state index contributed by atoms with van der Waals surface area (Å²) >= 11 is 0. The lowest BCUT2D eigenvalue weighted by molar-refractivity contribution is 0.0951. The molecule has 1 aliphatic heterocycles. The number of anilines is 2. The number of benzene rings is 4. The number of hydrogen-bond donors (Lipinski definition) is 1. The van der Waals surface area contributed by atoms with Crippen molar-refractivity contribution in [2.24, 2.45) is 0 Å². The zero-order valence-electron chi connectivity index (χ0n) is 21.2. The van der Waals surface area contributed by atoms with Gasteiger partial charge in [0.15, 0.2) is 0 Å². The van der Waals surface area contributed by atoms with Crippen LogP contribution < -0.4 is 14.5 Å². The molecular formula is C31H31N3O3S. The molecule has 0 spiro atoms. The third-order valence-corrected chi connectivity index (χ3v) is 8.57. The van der Waals surface area contributed by atoms with E-state index >= 15 is 0 Å². The molecule has 0 bridgehead atoms. The Morgan fingerprint density at radius 2 is 1.32 bits per heavy atom. The minimum atomic E-state index is -3.78. The van der Waals surface area contributed by atoms with Crippen molar-refractivity contribution in [2.75, 3.05) is 22.3 Å². The molecule has 6 nitrogen and oxygen atoms in total. The molecular weight excluding hydrogens is 494 g/mol. The summed E-state index contributed by atoms with van der Waals surface area (Å²) in [5, 5.41) is 2.98. The van der Waals surface area contributed by atoms with Crippen molar-refractivity contribution in [1.82, 2.24) is 5.32 Å². The summed E-state index contributed by atoms with van der Waals surface area (Å²) < 4.78 is 28.4. The van der Waals surface area contributed by atoms with Crippen LogP contribution >= 0.6 is 0 Å². The molecule has 0 unspecified atom stereocenters. The highest BCUT2D eigenvalue weighted by Gasteiger charge is 2.25. The minimum absolute atomic E-state index is 0.145. The van der Waals surface area contributed by atoms with E-state index in [4.69, 9.17) is 0 Å². The second kappa shape index (κ2) is 11.5. The Bertz CT molecular complexity index is 1450. The molecule has 1 N–H and O–H groups in total. The van der Waals surface area contributed by atoms with Crippen molar-refractivity contribution in [3.63, 3.8) is 0 Å². The van der Waals surface area contributed by atoms with Crippen LogP contribution in [0, 0.1) is 0 Å². The smallest absolute Gasteiger partial charge is 0.264 e. The lowest BCUT2D eigenvalue weighted by atomic mass is 10.1. The number of hydrogen-bond acceptors (Lipinski definition) is 4. The van der Waals surface area contributed by atoms with E-state index in [1.54, 1.807) is 66.7 Å². The van der Waals surface area contributed by atoms with Crippen LogP contribution in [0.5, 0.6) is 0 Å². The van der Waals surface area contributed by atoms with Crippen LogP contribution in [0.25, 0.3) is 0 Å². The number of para-hydroxylation sites is 1. The summed E-state index contributed by atoms with van der Waals surface area (Å²) in [7, 11) is -3.78. The Balaban J connectivity index is 1.25. The van der Waals surface area contributed by atoms with Gasteiger partial charge in [-0.05, 0) is 72.5 Å². The maximum atomic E-state index is 13.5. The first-order valence-corrected chi connectivity index (χ1v) is 14.3. The molecule has 0 saturated carbocycles. The van der Waals surface area contributed by atoms with Crippen molar-refractivity contribution < 1.29 is 13.2 Å². The van der Waals surface area contributed by atoms with Crippen molar-refractivity contribution in [2.45, 2.75) is 30.8 Å². The molecule has 7 heteroatoms. The SMILES string of the molecule is O=C(NCc1ccc(N2CCCC2)cc1)c1ccc(CN(c2ccccc2)S(=O)(=O)c2ccccc2)cc1. The second-order valence-electron chi connectivity index (χ2n) is 9.40. The van der Waals surface area contributed by atoms with Gasteiger partial charge in [0.25, 0.3) is 15.9 Å². The van der Waals surface area contributed by atoms with Crippen LogP contribution in [-0.2, 0) is 23.1 Å². The summed E-state index contributed by atoms with van der Waals surface area (Å²) in [6.45, 7) is 2.80. The van der Waals surface area contributed by atoms with Gasteiger partial charge in [0.05, 0.1) is 17.1 Å². The summed E-state index contributed by atoms with van der Waals surface area (Å²) in [5.41, 5.74) is 4.16. The van der Waals surface area contributed by atoms with E-state index in [-0.39, 0.29) is 17.3 Å². The number of rotatable bonds is 9. The molecule has 4 aromatic rings. The van der Waals surface area contributed by atoms with Gasteiger partial charge in [0.2, 0.25) is 0 Å². The number of nitrogens with one attached hydrogen (secondary N) is 1. The fourth-order valence-corrected chi connectivity index (χ4v) is 6.11. The van der Waals surface area contributed by atoms with Gasteiger partial charge >= 0.3 is 0 Å². The number of carbonyl (C=O) groups is 1. The Hall–Kier alpha value is -4.10. The van der Waals surface area contributed by atoms with E-state index in [2.05, 4.69) is 34.5 Å². The van der Waals surface area contributed by atoms with E-state index in [9.17, 15) is 13.2 Å². The standard InChI is InChI=1S/C31H31N3O3S/c35-31(32-23-25-15-19-28(20-16-25)33-21-7-8-22-33)27-17-13-26(14-18-27)24-34(29-9-3-1-4-10-29)38(36,37)30-11-5-2-6-12-30/h1-6,9-20H,7-8,21-24H2,(H,32,35). The van der Waals surface area contributed by atoms with Gasteiger partial charge in [0, 0.05) is 30.9 Å². The zero-order chi connectivity index (χ0) is 26.4. The largest absolute Gasteiger partial charge is 0.372 e. The van der Waals surface area contributed by atoms with Crippen molar-refractivity contribution in [3.05, 3.63) is 126 Å². The van der Waals surface area contributed by atoms with E-state index < -0.39 is 10.0 Å². The van der Waals surface area contributed by atoms with Crippen LogP contribution in [0.4, 0.5) is 11.4 Å². The van der Waals surface area contributed by atoms with Gasteiger partial charge in [-0.2, -0.15) is 0 Å². The second-order valence-corrected chi connectivity index (χ2v) is 11.3. The summed E-state index contributed by atoms with van der Waals surface area (Å²) in [6.07, 6.45) is 2.48. The molecule has 4 aromatic carbocycles. The number of sulfonamides is 1. The van der Waals surface area contributed by atoms with Gasteiger partial charge in [-0.15, -0.1) is 0 Å². The third-order valence-electron chi connectivity index (χ3n) is 6.78. The molecule has 5 rings (SSSR count). The number of carbonyl (C=O) groups excluding carboxylic acids is 1. The van der Waals surface area contributed by atoms with Crippen LogP contribution in [0.2, 0.25) is 0 Å². The molecule has 38 heavy (non-hydrogen) atoms. The highest BCUT2D eigenvalue weighted by molar-refractivity contribution is 7.92. The first-order valence-electron chi connectivity index (χ1n) is 12.8. The van der Waals surface area contributed by atoms with Crippen LogP contribution in [-0.4, -0.2) is 27.4 Å². The molecule has 1 fully saturated rings. The van der Waals surface area contributed by atoms with E-state index in [1.165, 1.54) is 22.8 Å². The molecule has 0 aromatic heterocycles. The summed E-state index contributed by atoms with van der Waals surface area (Å²) in [6, 6.07) is 32.9. The average molecular weight is 526 g/mol. The van der Waals surface area contributed by atoms with E-state index in [0.29, 0.717) is 17.8 Å². The molecule has 1 heterocycles. The molecule has 1 saturated heterocycles. The Labute approximate surface area is 224 Å². The van der Waals surface area contributed by atoms with Crippen LogP contribution in [0.1, 0.15) is 34.3 Å². The maximum Gasteiger partial charge on any atom is 0.264 e. The van der Waals surface area contributed by atoms with E-state index in [0.717, 1.165) is 24.2 Å². The summed E-state index contributed by atoms with van der Waals surface area (Å²) in [5.74, 6) is -0.169. The first kappa shape index (κ1) is 25.5. The van der Waals surface area contributed by atoms with Crippen LogP contribution in [0.15, 0.2) is 114 Å². The van der Waals surface area contributed by atoms with Crippen molar-refractivity contribution >= 4 is 27.3 Å². The Morgan fingerprint density at radius 1 is 0.737 bits per heavy atom. The van der Waals surface area contributed by atoms with Crippen molar-refractivity contribution in [1.29, 1.82) is 0 Å². The normalized spacial score (nSPS) is 13.3. The number of amides is 1. The number of nitrogens with zero attached hydrogens (tertiary/aromatic N) is 2. The van der Waals surface area contributed by atoms with Crippen LogP contribution in [0.3, 0.4) is 0 Å². The third kappa shape index (κ3) is 5.89. The quantitative estimate of drug-likeness (QED) is 0.308. The van der Waals surface area contributed by atoms with Gasteiger partial charge in [-0.1, -0.05) is 60.7 Å². The van der Waals surface area contributed by atoms with Gasteiger partial charge in [-0.3, -0.25) is 9.10 Å². The highest BCUT2D eigenvalue weighted by Crippen LogP contribution is 2.26. The Kier molecular flexibility index (Phi) is 7.75. The summed E-state index contributed by atoms with van der Waals surface area (Å²) in [4.78, 5) is 15.4. The molecule has 1 aliphatic rings. The topological polar surface area (TPSA) is 69.7 Å². The molecule has 0 aliphatic carbocycles. The average Bonchev–Trinajstić information content (AvgIpc) is 3.51. The lowest BCUT2D eigenvalue weighted by Gasteiger charge is -2.25. The highest BCUT2D eigenvalue weighted by atomic mass is 32.2. The molecule has 194 valence electrons. The van der Waals surface area contributed by atoms with E-state index in [1.807, 2.05) is 18.2 Å². The van der Waals surface area contributed by atoms with Crippen molar-refractivity contribution in [3.8, 4) is 0 Å². The predicted molar refractivity (Wildman–Crippen MR) is 152 cm³/mol. The molecule has 1 amide bonds. The minimum Gasteiger partial charge on any atom is -0.372 e. The van der Waals surface area contributed by atoms with Gasteiger partial charge < -0.3 is 10.2 Å². The molecule has 0 radical (unpaired) electrons. The lowest BCUT2D eigenvalue weighted by Crippen LogP contribution is -2.30. The van der Waals surface area contributed by atoms with Gasteiger partial charge in [-0.25, -0.2) is 8.42 Å².